The van der Waals surface area contributed by atoms with E-state index in [1.165, 1.54) is 0 Å². The van der Waals surface area contributed by atoms with Crippen molar-refractivity contribution in [3.63, 3.8) is 0 Å². The fraction of sp³-hybridized carbons (Fsp3) is 0.857. The van der Waals surface area contributed by atoms with Crippen molar-refractivity contribution in [1.29, 1.82) is 0 Å². The van der Waals surface area contributed by atoms with Gasteiger partial charge in [-0.05, 0) is 12.3 Å². The molecule has 0 bridgehead atoms. The first-order chi connectivity index (χ1) is 4.70. The van der Waals surface area contributed by atoms with E-state index in [1.807, 2.05) is 6.92 Å². The summed E-state index contributed by atoms with van der Waals surface area (Å²) < 4.78 is 0. The molecule has 1 atom stereocenters. The van der Waals surface area contributed by atoms with Crippen LogP contribution in [-0.2, 0) is 4.79 Å². The fourth-order valence-corrected chi connectivity index (χ4v) is 0.951. The lowest BCUT2D eigenvalue weighted by molar-refractivity contribution is -0.119. The zero-order valence-electron chi connectivity index (χ0n) is 6.34. The van der Waals surface area contributed by atoms with Gasteiger partial charge in [-0.3, -0.25) is 4.79 Å². The van der Waals surface area contributed by atoms with Crippen LogP contribution in [0.25, 0.3) is 0 Å². The molecule has 1 amide bonds. The Bertz CT molecular complexity index is 104. The Hall–Kier alpha value is -0.570. The maximum Gasteiger partial charge on any atom is 0.217 e. The first kappa shape index (κ1) is 9.43. The van der Waals surface area contributed by atoms with Crippen molar-refractivity contribution in [1.82, 2.24) is 0 Å². The van der Waals surface area contributed by atoms with E-state index in [1.54, 1.807) is 0 Å². The van der Waals surface area contributed by atoms with Crippen LogP contribution in [0.4, 0.5) is 0 Å². The summed E-state index contributed by atoms with van der Waals surface area (Å²) in [7, 11) is 0. The van der Waals surface area contributed by atoms with Crippen LogP contribution in [0.2, 0.25) is 0 Å². The number of rotatable bonds is 5. The normalized spacial score (nSPS) is 13.0. The number of primary amides is 1. The molecule has 3 heteroatoms. The van der Waals surface area contributed by atoms with Crippen LogP contribution in [-0.4, -0.2) is 17.6 Å². The second-order valence-corrected chi connectivity index (χ2v) is 2.51. The molecule has 3 N–H and O–H groups in total. The molecule has 0 fully saturated rings. The molecule has 1 unspecified atom stereocenters. The number of carbonyl (C=O) groups is 1. The van der Waals surface area contributed by atoms with Crippen LogP contribution < -0.4 is 5.73 Å². The Balaban J connectivity index is 3.49. The lowest BCUT2D eigenvalue weighted by atomic mass is 10.0. The first-order valence-corrected chi connectivity index (χ1v) is 3.59. The minimum Gasteiger partial charge on any atom is -0.396 e. The molecule has 0 aromatic heterocycles. The minimum atomic E-state index is -0.326. The molecule has 0 radical (unpaired) electrons. The highest BCUT2D eigenvalue weighted by atomic mass is 16.3. The van der Waals surface area contributed by atoms with Crippen LogP contribution in [0, 0.1) is 5.92 Å². The number of nitrogens with two attached hydrogens (primary N) is 1. The van der Waals surface area contributed by atoms with Gasteiger partial charge in [0.15, 0.2) is 0 Å². The summed E-state index contributed by atoms with van der Waals surface area (Å²) in [6.07, 6.45) is 2.17. The van der Waals surface area contributed by atoms with Crippen molar-refractivity contribution in [2.24, 2.45) is 11.7 Å². The highest BCUT2D eigenvalue weighted by Gasteiger charge is 2.08. The van der Waals surface area contributed by atoms with Crippen LogP contribution in [0.15, 0.2) is 0 Å². The topological polar surface area (TPSA) is 63.3 Å². The Kier molecular flexibility index (Phi) is 4.94. The van der Waals surface area contributed by atoms with E-state index in [2.05, 4.69) is 0 Å². The van der Waals surface area contributed by atoms with Crippen molar-refractivity contribution in [3.8, 4) is 0 Å². The van der Waals surface area contributed by atoms with Gasteiger partial charge in [0.1, 0.15) is 0 Å². The lowest BCUT2D eigenvalue weighted by Gasteiger charge is -2.08. The molecule has 10 heavy (non-hydrogen) atoms. The van der Waals surface area contributed by atoms with Crippen molar-refractivity contribution in [2.75, 3.05) is 6.61 Å². The van der Waals surface area contributed by atoms with Gasteiger partial charge in [-0.1, -0.05) is 13.3 Å². The van der Waals surface area contributed by atoms with E-state index in [0.717, 1.165) is 12.8 Å². The van der Waals surface area contributed by atoms with Gasteiger partial charge in [0.05, 0.1) is 0 Å². The van der Waals surface area contributed by atoms with Crippen LogP contribution in [0.3, 0.4) is 0 Å². The first-order valence-electron chi connectivity index (χ1n) is 3.59. The van der Waals surface area contributed by atoms with Gasteiger partial charge in [-0.2, -0.15) is 0 Å². The Labute approximate surface area is 61.2 Å². The van der Waals surface area contributed by atoms with Crippen molar-refractivity contribution < 1.29 is 9.90 Å². The number of hydrogen-bond donors (Lipinski definition) is 2. The second-order valence-electron chi connectivity index (χ2n) is 2.51. The SMILES string of the molecule is CCCC(CO)CC(N)=O. The average Bonchev–Trinajstić information content (AvgIpc) is 1.86. The van der Waals surface area contributed by atoms with Crippen molar-refractivity contribution in [3.05, 3.63) is 0 Å². The minimum absolute atomic E-state index is 0.0662. The summed E-state index contributed by atoms with van der Waals surface area (Å²) in [5, 5.41) is 8.70. The summed E-state index contributed by atoms with van der Waals surface area (Å²) >= 11 is 0. The molecule has 3 nitrogen and oxygen atoms in total. The van der Waals surface area contributed by atoms with E-state index in [9.17, 15) is 4.79 Å². The molecule has 0 aliphatic heterocycles. The maximum atomic E-state index is 10.4. The van der Waals surface area contributed by atoms with Gasteiger partial charge < -0.3 is 10.8 Å². The number of hydrogen-bond acceptors (Lipinski definition) is 2. The summed E-state index contributed by atoms with van der Waals surface area (Å²) in [6, 6.07) is 0. The Morgan fingerprint density at radius 3 is 2.60 bits per heavy atom. The van der Waals surface area contributed by atoms with Gasteiger partial charge in [0.25, 0.3) is 0 Å². The number of aliphatic hydroxyl groups is 1. The smallest absolute Gasteiger partial charge is 0.217 e. The molecule has 0 spiro atoms. The zero-order chi connectivity index (χ0) is 7.98. The van der Waals surface area contributed by atoms with E-state index >= 15 is 0 Å². The van der Waals surface area contributed by atoms with Crippen LogP contribution in [0.5, 0.6) is 0 Å². The number of amides is 1. The molecular weight excluding hydrogens is 130 g/mol. The lowest BCUT2D eigenvalue weighted by Crippen LogP contribution is -2.18. The predicted molar refractivity (Wildman–Crippen MR) is 39.3 cm³/mol. The van der Waals surface area contributed by atoms with E-state index < -0.39 is 0 Å². The molecule has 0 aromatic rings. The van der Waals surface area contributed by atoms with Gasteiger partial charge in [0.2, 0.25) is 5.91 Å². The molecule has 0 aliphatic rings. The molecule has 60 valence electrons. The maximum absolute atomic E-state index is 10.4. The predicted octanol–water partition coefficient (Wildman–Crippen LogP) is 0.270. The van der Waals surface area contributed by atoms with Crippen molar-refractivity contribution >= 4 is 5.91 Å². The molecule has 0 heterocycles. The standard InChI is InChI=1S/C7H15NO2/c1-2-3-6(5-9)4-7(8)10/h6,9H,2-5H2,1H3,(H2,8,10). The average molecular weight is 145 g/mol. The second kappa shape index (κ2) is 5.23. The molecule has 0 aliphatic carbocycles. The summed E-state index contributed by atoms with van der Waals surface area (Å²) in [5.41, 5.74) is 4.95. The van der Waals surface area contributed by atoms with Gasteiger partial charge >= 0.3 is 0 Å². The summed E-state index contributed by atoms with van der Waals surface area (Å²) in [6.45, 7) is 2.08. The number of aliphatic hydroxyl groups excluding tert-OH is 1. The monoisotopic (exact) mass is 145 g/mol. The van der Waals surface area contributed by atoms with E-state index in [-0.39, 0.29) is 18.4 Å². The summed E-state index contributed by atoms with van der Waals surface area (Å²) in [5.74, 6) is -0.255. The highest BCUT2D eigenvalue weighted by molar-refractivity contribution is 5.73. The Morgan fingerprint density at radius 2 is 2.30 bits per heavy atom. The summed E-state index contributed by atoms with van der Waals surface area (Å²) in [4.78, 5) is 10.4. The van der Waals surface area contributed by atoms with Crippen LogP contribution in [0.1, 0.15) is 26.2 Å². The zero-order valence-corrected chi connectivity index (χ0v) is 6.34. The van der Waals surface area contributed by atoms with Crippen LogP contribution >= 0.6 is 0 Å². The Morgan fingerprint density at radius 1 is 1.70 bits per heavy atom. The molecule has 0 saturated heterocycles. The van der Waals surface area contributed by atoms with Gasteiger partial charge in [0, 0.05) is 13.0 Å². The molecule has 0 aromatic carbocycles. The largest absolute Gasteiger partial charge is 0.396 e. The molecule has 0 saturated carbocycles. The van der Waals surface area contributed by atoms with E-state index in [0.29, 0.717) is 6.42 Å². The van der Waals surface area contributed by atoms with Gasteiger partial charge in [-0.25, -0.2) is 0 Å². The third-order valence-electron chi connectivity index (χ3n) is 1.44. The fourth-order valence-electron chi connectivity index (χ4n) is 0.951. The molecular formula is C7H15NO2. The van der Waals surface area contributed by atoms with Gasteiger partial charge in [-0.15, -0.1) is 0 Å². The van der Waals surface area contributed by atoms with E-state index in [4.69, 9.17) is 10.8 Å². The highest BCUT2D eigenvalue weighted by Crippen LogP contribution is 2.08. The third-order valence-corrected chi connectivity index (χ3v) is 1.44. The molecule has 0 rings (SSSR count). The van der Waals surface area contributed by atoms with Crippen molar-refractivity contribution in [2.45, 2.75) is 26.2 Å². The third kappa shape index (κ3) is 4.32. The quantitative estimate of drug-likeness (QED) is 0.583. The number of carbonyl (C=O) groups excluding carboxylic acids is 1.